The molecule has 0 bridgehead atoms. The first-order valence-corrected chi connectivity index (χ1v) is 8.96. The van der Waals surface area contributed by atoms with Gasteiger partial charge in [0, 0.05) is 15.4 Å². The minimum atomic E-state index is -0.421. The molecule has 0 aromatic heterocycles. The molecule has 3 heteroatoms. The van der Waals surface area contributed by atoms with Gasteiger partial charge in [0.25, 0.3) is 0 Å². The molecule has 0 atom stereocenters. The molecule has 0 fully saturated rings. The maximum Gasteiger partial charge on any atom is 0.204 e. The minimum absolute atomic E-state index is 0.00110. The van der Waals surface area contributed by atoms with Gasteiger partial charge >= 0.3 is 0 Å². The first-order valence-electron chi connectivity index (χ1n) is 3.85. The third kappa shape index (κ3) is 8.39. The van der Waals surface area contributed by atoms with E-state index in [1.165, 1.54) is 12.5 Å². The Balaban J connectivity index is 2.91. The summed E-state index contributed by atoms with van der Waals surface area (Å²) >= 11 is 0. The highest BCUT2D eigenvalue weighted by atomic mass is 28.3. The van der Waals surface area contributed by atoms with Gasteiger partial charge in [-0.1, -0.05) is 19.1 Å². The van der Waals surface area contributed by atoms with E-state index in [9.17, 15) is 0 Å². The van der Waals surface area contributed by atoms with Crippen LogP contribution in [0.1, 0.15) is 6.42 Å². The van der Waals surface area contributed by atoms with Crippen LogP contribution in [0.25, 0.3) is 0 Å². The van der Waals surface area contributed by atoms with E-state index in [1.54, 1.807) is 0 Å². The van der Waals surface area contributed by atoms with Crippen LogP contribution in [0, 0.1) is 0 Å². The minimum Gasteiger partial charge on any atom is -0.417 e. The summed E-state index contributed by atoms with van der Waals surface area (Å²) in [7, 11) is -0.422. The molecule has 0 rings (SSSR count). The summed E-state index contributed by atoms with van der Waals surface area (Å²) < 4.78 is 5.51. The fraction of sp³-hybridized carbons (Fsp3) is 1.00. The normalized spacial score (nSPS) is 11.4. The molecule has 0 aliphatic heterocycles. The highest BCUT2D eigenvalue weighted by Crippen LogP contribution is 1.97. The van der Waals surface area contributed by atoms with Gasteiger partial charge in [-0.05, 0) is 19.5 Å². The maximum atomic E-state index is 5.51. The molecule has 10 heavy (non-hydrogen) atoms. The molecule has 0 N–H and O–H groups in total. The summed E-state index contributed by atoms with van der Waals surface area (Å²) in [4.78, 5) is 0. The molecular formula is C7H18OSi2. The van der Waals surface area contributed by atoms with Crippen molar-refractivity contribution < 1.29 is 4.43 Å². The van der Waals surface area contributed by atoms with E-state index in [0.717, 1.165) is 6.61 Å². The van der Waals surface area contributed by atoms with Crippen LogP contribution in [0.15, 0.2) is 0 Å². The third-order valence-electron chi connectivity index (χ3n) is 1.21. The average Bonchev–Trinajstić information content (AvgIpc) is 1.79. The monoisotopic (exact) mass is 174 g/mol. The molecule has 0 aromatic carbocycles. The van der Waals surface area contributed by atoms with Gasteiger partial charge in [-0.2, -0.15) is 0 Å². The largest absolute Gasteiger partial charge is 0.417 e. The lowest BCUT2D eigenvalue weighted by atomic mass is 10.5. The van der Waals surface area contributed by atoms with Gasteiger partial charge in [0.1, 0.15) is 0 Å². The van der Waals surface area contributed by atoms with Crippen LogP contribution in [-0.2, 0) is 4.43 Å². The molecule has 1 nitrogen and oxygen atoms in total. The van der Waals surface area contributed by atoms with Crippen molar-refractivity contribution in [3.8, 4) is 0 Å². The van der Waals surface area contributed by atoms with Crippen LogP contribution in [0.2, 0.25) is 32.2 Å². The van der Waals surface area contributed by atoms with Crippen LogP contribution in [0.5, 0.6) is 0 Å². The molecule has 0 aliphatic rings. The topological polar surface area (TPSA) is 9.23 Å². The van der Waals surface area contributed by atoms with E-state index in [0.29, 0.717) is 0 Å². The maximum absolute atomic E-state index is 5.51. The van der Waals surface area contributed by atoms with Crippen molar-refractivity contribution in [2.24, 2.45) is 0 Å². The number of hydrogen-bond acceptors (Lipinski definition) is 1. The zero-order valence-electron chi connectivity index (χ0n) is 7.53. The molecular weight excluding hydrogens is 156 g/mol. The molecule has 60 valence electrons. The summed E-state index contributed by atoms with van der Waals surface area (Å²) in [6.07, 6.45) is 1.27. The first-order chi connectivity index (χ1) is 4.63. The Hall–Kier alpha value is 0.394. The quantitative estimate of drug-likeness (QED) is 0.459. The fourth-order valence-electron chi connectivity index (χ4n) is 0.702. The van der Waals surface area contributed by atoms with E-state index >= 15 is 0 Å². The highest BCUT2D eigenvalue weighted by Gasteiger charge is 1.98. The Labute approximate surface area is 68.1 Å². The highest BCUT2D eigenvalue weighted by molar-refractivity contribution is 6.55. The van der Waals surface area contributed by atoms with Gasteiger partial charge in [0.05, 0.1) is 0 Å². The lowest BCUT2D eigenvalue weighted by molar-refractivity contribution is 0.325. The van der Waals surface area contributed by atoms with Crippen LogP contribution in [0.3, 0.4) is 0 Å². The molecule has 0 unspecified atom stereocenters. The molecule has 0 saturated carbocycles. The smallest absolute Gasteiger partial charge is 0.204 e. The summed E-state index contributed by atoms with van der Waals surface area (Å²) in [6.45, 7) is 10.1. The Bertz CT molecular complexity index is 64.0. The SMILES string of the molecule is C[Si](C)CCCO[Si](C)C. The zero-order chi connectivity index (χ0) is 7.98. The Morgan fingerprint density at radius 3 is 2.10 bits per heavy atom. The van der Waals surface area contributed by atoms with Crippen molar-refractivity contribution in [3.63, 3.8) is 0 Å². The lowest BCUT2D eigenvalue weighted by Gasteiger charge is -2.06. The average molecular weight is 174 g/mol. The van der Waals surface area contributed by atoms with E-state index in [-0.39, 0.29) is 8.80 Å². The molecule has 0 aromatic rings. The van der Waals surface area contributed by atoms with Crippen LogP contribution >= 0.6 is 0 Å². The Kier molecular flexibility index (Phi) is 6.37. The second kappa shape index (κ2) is 6.13. The van der Waals surface area contributed by atoms with E-state index in [4.69, 9.17) is 4.43 Å². The molecule has 2 radical (unpaired) electrons. The third-order valence-corrected chi connectivity index (χ3v) is 3.35. The number of rotatable bonds is 5. The molecule has 0 heterocycles. The standard InChI is InChI=1S/C7H18OSi2/c1-9(2)7-5-6-8-10(3)4/h5-7H2,1-4H3. The van der Waals surface area contributed by atoms with Crippen molar-refractivity contribution in [1.82, 2.24) is 0 Å². The van der Waals surface area contributed by atoms with E-state index < -0.39 is 9.04 Å². The van der Waals surface area contributed by atoms with Gasteiger partial charge < -0.3 is 4.43 Å². The van der Waals surface area contributed by atoms with E-state index in [2.05, 4.69) is 26.2 Å². The summed E-state index contributed by atoms with van der Waals surface area (Å²) in [5, 5.41) is 0. The molecule has 0 spiro atoms. The molecule has 0 aliphatic carbocycles. The summed E-state index contributed by atoms with van der Waals surface area (Å²) in [5.74, 6) is 0. The number of hydrogen-bond donors (Lipinski definition) is 0. The van der Waals surface area contributed by atoms with Crippen LogP contribution in [-0.4, -0.2) is 24.4 Å². The molecule has 0 amide bonds. The van der Waals surface area contributed by atoms with Crippen LogP contribution < -0.4 is 0 Å². The second-order valence-corrected chi connectivity index (χ2v) is 8.09. The zero-order valence-corrected chi connectivity index (χ0v) is 9.53. The van der Waals surface area contributed by atoms with Crippen molar-refractivity contribution in [2.45, 2.75) is 38.7 Å². The van der Waals surface area contributed by atoms with Gasteiger partial charge in [-0.25, -0.2) is 0 Å². The van der Waals surface area contributed by atoms with Crippen molar-refractivity contribution in [1.29, 1.82) is 0 Å². The lowest BCUT2D eigenvalue weighted by Crippen LogP contribution is -2.10. The van der Waals surface area contributed by atoms with Crippen molar-refractivity contribution in [3.05, 3.63) is 0 Å². The molecule has 0 saturated heterocycles. The van der Waals surface area contributed by atoms with Gasteiger partial charge in [-0.15, -0.1) is 0 Å². The Morgan fingerprint density at radius 2 is 1.70 bits per heavy atom. The van der Waals surface area contributed by atoms with Gasteiger partial charge in [-0.3, -0.25) is 0 Å². The van der Waals surface area contributed by atoms with Gasteiger partial charge in [0.2, 0.25) is 9.04 Å². The van der Waals surface area contributed by atoms with Crippen molar-refractivity contribution >= 4 is 17.8 Å². The summed E-state index contributed by atoms with van der Waals surface area (Å²) in [6, 6.07) is 1.40. The second-order valence-electron chi connectivity index (χ2n) is 3.07. The van der Waals surface area contributed by atoms with Crippen molar-refractivity contribution in [2.75, 3.05) is 6.61 Å². The van der Waals surface area contributed by atoms with E-state index in [1.807, 2.05) is 0 Å². The predicted octanol–water partition coefficient (Wildman–Crippen LogP) is 2.40. The predicted molar refractivity (Wildman–Crippen MR) is 50.3 cm³/mol. The first kappa shape index (κ1) is 10.4. The Morgan fingerprint density at radius 1 is 1.10 bits per heavy atom. The van der Waals surface area contributed by atoms with Gasteiger partial charge in [0.15, 0.2) is 0 Å². The van der Waals surface area contributed by atoms with Crippen LogP contribution in [0.4, 0.5) is 0 Å². The summed E-state index contributed by atoms with van der Waals surface area (Å²) in [5.41, 5.74) is 0. The fourth-order valence-corrected chi connectivity index (χ4v) is 2.11.